The predicted molar refractivity (Wildman–Crippen MR) is 120 cm³/mol. The summed E-state index contributed by atoms with van der Waals surface area (Å²) in [6.07, 6.45) is 2.57. The van der Waals surface area contributed by atoms with Crippen molar-refractivity contribution < 1.29 is 22.8 Å². The van der Waals surface area contributed by atoms with E-state index in [1.807, 2.05) is 0 Å². The number of aldehydes is 1. The maximum absolute atomic E-state index is 12.7. The van der Waals surface area contributed by atoms with Gasteiger partial charge < -0.3 is 26.1 Å². The van der Waals surface area contributed by atoms with Crippen LogP contribution < -0.4 is 21.1 Å². The van der Waals surface area contributed by atoms with Gasteiger partial charge in [-0.1, -0.05) is 36.9 Å². The lowest BCUT2D eigenvalue weighted by Gasteiger charge is -2.32. The Bertz CT molecular complexity index is 906. The second kappa shape index (κ2) is 12.2. The van der Waals surface area contributed by atoms with Gasteiger partial charge in [-0.05, 0) is 31.2 Å². The number of hydrogen-bond acceptors (Lipinski definition) is 7. The highest BCUT2D eigenvalue weighted by Crippen LogP contribution is 2.14. The normalized spacial score (nSPS) is 17.4. The zero-order chi connectivity index (χ0) is 23.6. The molecule has 176 valence electrons. The molecule has 1 fully saturated rings. The highest BCUT2D eigenvalue weighted by Gasteiger charge is 2.33. The van der Waals surface area contributed by atoms with Crippen molar-refractivity contribution in [1.29, 1.82) is 0 Å². The summed E-state index contributed by atoms with van der Waals surface area (Å²) in [5.41, 5.74) is 6.02. The topological polar surface area (TPSA) is 151 Å². The van der Waals surface area contributed by atoms with Crippen molar-refractivity contribution in [3.05, 3.63) is 48.3 Å². The van der Waals surface area contributed by atoms with Gasteiger partial charge in [-0.3, -0.25) is 9.59 Å². The largest absolute Gasteiger partial charge is 0.386 e. The number of carbonyl (C=O) groups is 3. The predicted octanol–water partition coefficient (Wildman–Crippen LogP) is -0.420. The molecular formula is C21H31N5O5S. The van der Waals surface area contributed by atoms with E-state index < -0.39 is 33.9 Å². The summed E-state index contributed by atoms with van der Waals surface area (Å²) in [7, 11) is -3.73. The van der Waals surface area contributed by atoms with Crippen molar-refractivity contribution >= 4 is 28.1 Å². The lowest BCUT2D eigenvalue weighted by atomic mass is 10.1. The Labute approximate surface area is 188 Å². The van der Waals surface area contributed by atoms with Crippen molar-refractivity contribution in [2.24, 2.45) is 5.73 Å². The summed E-state index contributed by atoms with van der Waals surface area (Å²) in [6.45, 7) is 4.13. The molecule has 1 saturated heterocycles. The van der Waals surface area contributed by atoms with Crippen LogP contribution in [0.2, 0.25) is 0 Å². The smallest absolute Gasteiger partial charge is 0.241 e. The lowest BCUT2D eigenvalue weighted by molar-refractivity contribution is -0.139. The van der Waals surface area contributed by atoms with E-state index in [1.54, 1.807) is 30.3 Å². The summed E-state index contributed by atoms with van der Waals surface area (Å²) in [5.74, 6) is -0.823. The van der Waals surface area contributed by atoms with E-state index in [-0.39, 0.29) is 12.3 Å². The van der Waals surface area contributed by atoms with Gasteiger partial charge in [0.1, 0.15) is 12.3 Å². The summed E-state index contributed by atoms with van der Waals surface area (Å²) in [6, 6.07) is 7.08. The van der Waals surface area contributed by atoms with Gasteiger partial charge in [0, 0.05) is 13.1 Å². The first kappa shape index (κ1) is 25.3. The average Bonchev–Trinajstić information content (AvgIpc) is 2.73. The number of rotatable bonds is 13. The third-order valence-corrected chi connectivity index (χ3v) is 6.30. The Morgan fingerprint density at radius 1 is 1.31 bits per heavy atom. The van der Waals surface area contributed by atoms with Gasteiger partial charge in [0.25, 0.3) is 0 Å². The zero-order valence-corrected chi connectivity index (χ0v) is 18.8. The molecule has 0 bridgehead atoms. The fourth-order valence-electron chi connectivity index (χ4n) is 3.43. The monoisotopic (exact) mass is 465 g/mol. The van der Waals surface area contributed by atoms with Crippen molar-refractivity contribution in [3.63, 3.8) is 0 Å². The molecule has 2 atom stereocenters. The van der Waals surface area contributed by atoms with Crippen molar-refractivity contribution in [1.82, 2.24) is 20.3 Å². The number of hydrogen-bond donors (Lipinski definition) is 4. The quantitative estimate of drug-likeness (QED) is 0.228. The van der Waals surface area contributed by atoms with Crippen LogP contribution in [-0.2, 0) is 30.2 Å². The van der Waals surface area contributed by atoms with E-state index in [2.05, 4.69) is 21.9 Å². The maximum atomic E-state index is 12.7. The van der Waals surface area contributed by atoms with Gasteiger partial charge in [0.2, 0.25) is 21.8 Å². The van der Waals surface area contributed by atoms with Crippen LogP contribution in [0, 0.1) is 0 Å². The molecule has 1 aromatic carbocycles. The third kappa shape index (κ3) is 8.67. The summed E-state index contributed by atoms with van der Waals surface area (Å²) < 4.78 is 27.4. The number of carbonyl (C=O) groups excluding carboxylic acids is 3. The fraction of sp³-hybridized carbons (Fsp3) is 0.476. The maximum Gasteiger partial charge on any atom is 0.241 e. The molecular weight excluding hydrogens is 434 g/mol. The van der Waals surface area contributed by atoms with Gasteiger partial charge in [0.05, 0.1) is 24.2 Å². The number of likely N-dealkylation sites (tertiary alicyclic amines) is 1. The number of amides is 2. The molecule has 1 aliphatic rings. The molecule has 2 unspecified atom stereocenters. The van der Waals surface area contributed by atoms with E-state index in [4.69, 9.17) is 5.73 Å². The van der Waals surface area contributed by atoms with E-state index in [1.165, 1.54) is 4.90 Å². The molecule has 10 nitrogen and oxygen atoms in total. The number of sulfonamides is 1. The minimum absolute atomic E-state index is 0.231. The van der Waals surface area contributed by atoms with Crippen LogP contribution in [0.5, 0.6) is 0 Å². The molecule has 1 aliphatic heterocycles. The van der Waals surface area contributed by atoms with Crippen LogP contribution in [0.3, 0.4) is 0 Å². The Kier molecular flexibility index (Phi) is 9.66. The van der Waals surface area contributed by atoms with E-state index >= 15 is 0 Å². The van der Waals surface area contributed by atoms with Crippen LogP contribution in [0.1, 0.15) is 31.2 Å². The minimum Gasteiger partial charge on any atom is -0.386 e. The molecule has 0 aliphatic carbocycles. The number of benzene rings is 1. The summed E-state index contributed by atoms with van der Waals surface area (Å²) in [4.78, 5) is 37.7. The molecule has 1 heterocycles. The lowest BCUT2D eigenvalue weighted by Crippen LogP contribution is -2.55. The highest BCUT2D eigenvalue weighted by molar-refractivity contribution is 7.88. The second-order valence-electron chi connectivity index (χ2n) is 7.72. The number of nitrogens with two attached hydrogens (primary N) is 1. The van der Waals surface area contributed by atoms with Crippen LogP contribution in [0.15, 0.2) is 42.7 Å². The van der Waals surface area contributed by atoms with Crippen molar-refractivity contribution in [3.8, 4) is 0 Å². The number of piperidine rings is 1. The SMILES string of the molecule is C=C(N)NCCCC(C=O)NC(=O)CN1CCCC(NS(=O)(=O)Cc2ccccc2)C1=O. The fourth-order valence-corrected chi connectivity index (χ4v) is 4.80. The summed E-state index contributed by atoms with van der Waals surface area (Å²) in [5, 5.41) is 5.43. The zero-order valence-electron chi connectivity index (χ0n) is 18.0. The molecule has 2 amide bonds. The van der Waals surface area contributed by atoms with Crippen molar-refractivity contribution in [2.75, 3.05) is 19.6 Å². The molecule has 11 heteroatoms. The van der Waals surface area contributed by atoms with Crippen molar-refractivity contribution in [2.45, 2.75) is 43.5 Å². The molecule has 1 aromatic rings. The average molecular weight is 466 g/mol. The van der Waals surface area contributed by atoms with Gasteiger partial charge in [-0.2, -0.15) is 0 Å². The first-order valence-electron chi connectivity index (χ1n) is 10.5. The molecule has 2 rings (SSSR count). The minimum atomic E-state index is -3.73. The summed E-state index contributed by atoms with van der Waals surface area (Å²) >= 11 is 0. The van der Waals surface area contributed by atoms with E-state index in [0.29, 0.717) is 56.4 Å². The van der Waals surface area contributed by atoms with Gasteiger partial charge in [-0.15, -0.1) is 0 Å². The Morgan fingerprint density at radius 3 is 2.69 bits per heavy atom. The van der Waals surface area contributed by atoms with Crippen LogP contribution in [-0.4, -0.2) is 63.1 Å². The van der Waals surface area contributed by atoms with Crippen LogP contribution >= 0.6 is 0 Å². The Morgan fingerprint density at radius 2 is 2.03 bits per heavy atom. The Balaban J connectivity index is 1.85. The molecule has 0 radical (unpaired) electrons. The second-order valence-corrected chi connectivity index (χ2v) is 9.48. The van der Waals surface area contributed by atoms with Crippen LogP contribution in [0.4, 0.5) is 0 Å². The first-order valence-corrected chi connectivity index (χ1v) is 12.1. The van der Waals surface area contributed by atoms with Gasteiger partial charge in [0.15, 0.2) is 0 Å². The van der Waals surface area contributed by atoms with E-state index in [9.17, 15) is 22.8 Å². The molecule has 0 saturated carbocycles. The first-order chi connectivity index (χ1) is 15.2. The molecule has 0 aromatic heterocycles. The number of nitrogens with zero attached hydrogens (tertiary/aromatic N) is 1. The third-order valence-electron chi connectivity index (χ3n) is 4.94. The van der Waals surface area contributed by atoms with Gasteiger partial charge >= 0.3 is 0 Å². The van der Waals surface area contributed by atoms with E-state index in [0.717, 1.165) is 0 Å². The van der Waals surface area contributed by atoms with Crippen LogP contribution in [0.25, 0.3) is 0 Å². The number of nitrogens with one attached hydrogen (secondary N) is 3. The standard InChI is InChI=1S/C21H31N5O5S/c1-16(22)23-11-5-9-18(14-27)24-20(28)13-26-12-6-10-19(21(26)29)25-32(30,31)15-17-7-3-2-4-8-17/h2-4,7-8,14,18-19,23,25H,1,5-6,9-13,15,22H2,(H,24,28). The van der Waals surface area contributed by atoms with Gasteiger partial charge in [-0.25, -0.2) is 13.1 Å². The molecule has 32 heavy (non-hydrogen) atoms. The molecule has 5 N–H and O–H groups in total. The highest BCUT2D eigenvalue weighted by atomic mass is 32.2. The molecule has 0 spiro atoms. The Hall–Kier alpha value is -2.92.